The second-order valence-electron chi connectivity index (χ2n) is 4.74. The highest BCUT2D eigenvalue weighted by Crippen LogP contribution is 2.30. The van der Waals surface area contributed by atoms with Crippen LogP contribution in [0.25, 0.3) is 0 Å². The molecule has 4 atom stereocenters. The van der Waals surface area contributed by atoms with Crippen LogP contribution in [-0.2, 0) is 9.53 Å². The van der Waals surface area contributed by atoms with E-state index in [-0.39, 0.29) is 17.4 Å². The number of nitrogens with zero attached hydrogens (tertiary/aromatic N) is 3. The van der Waals surface area contributed by atoms with Crippen LogP contribution in [0.2, 0.25) is 0 Å². The van der Waals surface area contributed by atoms with Gasteiger partial charge in [0.1, 0.15) is 24.4 Å². The number of halogens is 1. The molecule has 0 unspecified atom stereocenters. The number of guanidine groups is 1. The van der Waals surface area contributed by atoms with Gasteiger partial charge in [-0.05, 0) is 0 Å². The normalized spacial score (nSPS) is 35.6. The molecule has 0 spiro atoms. The molecule has 3 aliphatic heterocycles. The summed E-state index contributed by atoms with van der Waals surface area (Å²) in [6.45, 7) is -0.429. The van der Waals surface area contributed by atoms with Crippen LogP contribution in [-0.4, -0.2) is 72.4 Å². The zero-order valence-corrected chi connectivity index (χ0v) is 12.7. The fraction of sp³-hybridized carbons (Fsp3) is 0.455. The lowest BCUT2D eigenvalue weighted by Gasteiger charge is -2.15. The molecule has 0 bridgehead atoms. The molecule has 10 heteroatoms. The fourth-order valence-corrected chi connectivity index (χ4v) is 3.19. The molecule has 21 heavy (non-hydrogen) atoms. The SMILES string of the molecule is NC1=NC(=O)C2=[N+](I)C=C([C@@H]3O[C@H](CO)[C@@H](O)[C@H]3O)C2=N1. The summed E-state index contributed by atoms with van der Waals surface area (Å²) < 4.78 is 6.94. The molecule has 1 fully saturated rings. The van der Waals surface area contributed by atoms with Gasteiger partial charge in [-0.1, -0.05) is 0 Å². The summed E-state index contributed by atoms with van der Waals surface area (Å²) in [5.74, 6) is -0.715. The Labute approximate surface area is 132 Å². The van der Waals surface area contributed by atoms with Crippen molar-refractivity contribution < 1.29 is 27.6 Å². The van der Waals surface area contributed by atoms with Gasteiger partial charge in [-0.3, -0.25) is 4.79 Å². The number of aliphatic imine (C=N–C) groups is 2. The van der Waals surface area contributed by atoms with Crippen LogP contribution < -0.4 is 5.73 Å². The van der Waals surface area contributed by atoms with E-state index in [1.807, 2.05) is 22.9 Å². The topological polar surface area (TPSA) is 141 Å². The van der Waals surface area contributed by atoms with E-state index in [9.17, 15) is 15.0 Å². The van der Waals surface area contributed by atoms with Gasteiger partial charge in [0.05, 0.1) is 12.2 Å². The predicted molar refractivity (Wildman–Crippen MR) is 79.2 cm³/mol. The summed E-state index contributed by atoms with van der Waals surface area (Å²) in [4.78, 5) is 19.4. The van der Waals surface area contributed by atoms with E-state index in [0.717, 1.165) is 0 Å². The van der Waals surface area contributed by atoms with E-state index in [1.54, 1.807) is 6.20 Å². The molecule has 0 saturated carbocycles. The van der Waals surface area contributed by atoms with Crippen LogP contribution >= 0.6 is 22.9 Å². The Morgan fingerprint density at radius 3 is 2.71 bits per heavy atom. The van der Waals surface area contributed by atoms with Gasteiger partial charge < -0.3 is 25.8 Å². The Bertz CT molecular complexity index is 641. The molecule has 5 N–H and O–H groups in total. The second kappa shape index (κ2) is 5.21. The minimum absolute atomic E-state index is 0.178. The number of aliphatic hydroxyl groups excluding tert-OH is 3. The third kappa shape index (κ3) is 2.23. The van der Waals surface area contributed by atoms with Crippen molar-refractivity contribution in [2.24, 2.45) is 15.7 Å². The fourth-order valence-electron chi connectivity index (χ4n) is 2.46. The highest BCUT2D eigenvalue weighted by atomic mass is 127. The van der Waals surface area contributed by atoms with Crippen molar-refractivity contribution in [1.82, 2.24) is 0 Å². The molecule has 3 rings (SSSR count). The smallest absolute Gasteiger partial charge is 0.354 e. The summed E-state index contributed by atoms with van der Waals surface area (Å²) in [6.07, 6.45) is -2.72. The van der Waals surface area contributed by atoms with Gasteiger partial charge in [0.25, 0.3) is 0 Å². The molecule has 112 valence electrons. The Balaban J connectivity index is 1.97. The lowest BCUT2D eigenvalue weighted by atomic mass is 9.97. The summed E-state index contributed by atoms with van der Waals surface area (Å²) >= 11 is 1.88. The molecule has 0 aromatic heterocycles. The van der Waals surface area contributed by atoms with Crippen molar-refractivity contribution in [1.29, 1.82) is 0 Å². The number of rotatable bonds is 2. The minimum Gasteiger partial charge on any atom is -0.394 e. The number of carbonyl (C=O) groups excluding carboxylic acids is 1. The number of amides is 1. The largest absolute Gasteiger partial charge is 0.394 e. The number of aliphatic hydroxyl groups is 3. The molecular weight excluding hydrogens is 395 g/mol. The maximum absolute atomic E-state index is 11.9. The van der Waals surface area contributed by atoms with Gasteiger partial charge in [0.2, 0.25) is 5.96 Å². The first kappa shape index (κ1) is 14.7. The van der Waals surface area contributed by atoms with Gasteiger partial charge in [0.15, 0.2) is 11.9 Å². The number of hydrogen-bond acceptors (Lipinski definition) is 7. The Hall–Kier alpha value is -1.21. The lowest BCUT2D eigenvalue weighted by Crippen LogP contribution is -2.38. The second-order valence-corrected chi connectivity index (χ2v) is 5.78. The van der Waals surface area contributed by atoms with E-state index in [0.29, 0.717) is 5.57 Å². The number of nitrogens with two attached hydrogens (primary N) is 1. The van der Waals surface area contributed by atoms with E-state index >= 15 is 0 Å². The first-order valence-electron chi connectivity index (χ1n) is 6.08. The third-order valence-electron chi connectivity index (χ3n) is 3.46. The molecule has 9 nitrogen and oxygen atoms in total. The number of ether oxygens (including phenoxy) is 1. The van der Waals surface area contributed by atoms with Crippen molar-refractivity contribution in [3.63, 3.8) is 0 Å². The van der Waals surface area contributed by atoms with Crippen molar-refractivity contribution >= 4 is 46.2 Å². The first-order valence-corrected chi connectivity index (χ1v) is 7.04. The molecule has 1 saturated heterocycles. The molecule has 0 radical (unpaired) electrons. The minimum atomic E-state index is -1.24. The molecular formula is C11H12IN4O5+. The summed E-state index contributed by atoms with van der Waals surface area (Å²) in [5.41, 5.74) is 6.38. The van der Waals surface area contributed by atoms with Crippen LogP contribution in [0.15, 0.2) is 21.8 Å². The van der Waals surface area contributed by atoms with Gasteiger partial charge in [-0.25, -0.2) is 4.99 Å². The Morgan fingerprint density at radius 2 is 2.10 bits per heavy atom. The zero-order chi connectivity index (χ0) is 15.3. The molecule has 0 aliphatic carbocycles. The summed E-state index contributed by atoms with van der Waals surface area (Å²) in [7, 11) is 0. The number of fused-ring (bicyclic) bond motifs is 1. The maximum Gasteiger partial charge on any atom is 0.354 e. The van der Waals surface area contributed by atoms with Gasteiger partial charge >= 0.3 is 34.5 Å². The highest BCUT2D eigenvalue weighted by molar-refractivity contribution is 14.1. The van der Waals surface area contributed by atoms with Crippen molar-refractivity contribution in [2.75, 3.05) is 6.61 Å². The molecule has 0 aromatic rings. The van der Waals surface area contributed by atoms with E-state index in [4.69, 9.17) is 15.6 Å². The zero-order valence-electron chi connectivity index (χ0n) is 10.5. The van der Waals surface area contributed by atoms with Crippen molar-refractivity contribution in [3.8, 4) is 0 Å². The van der Waals surface area contributed by atoms with Crippen molar-refractivity contribution in [3.05, 3.63) is 11.8 Å². The number of hydrogen-bond donors (Lipinski definition) is 4. The van der Waals surface area contributed by atoms with E-state index in [2.05, 4.69) is 9.98 Å². The standard InChI is InChI=1S/C11H11IN4O5/c12-16-1-3(5-6(16)10(20)15-11(13)14-5)9-8(19)7(18)4(2-17)21-9/h1,4,7-9,17-19H,2H2,(H-,13,15,20)/p+1/t4-,7-,8-,9+/m1/s1. The van der Waals surface area contributed by atoms with Gasteiger partial charge in [-0.15, -0.1) is 2.79 Å². The predicted octanol–water partition coefficient (Wildman–Crippen LogP) is -2.54. The summed E-state index contributed by atoms with van der Waals surface area (Å²) in [5, 5.41) is 29.0. The van der Waals surface area contributed by atoms with E-state index < -0.39 is 36.9 Å². The summed E-state index contributed by atoms with van der Waals surface area (Å²) in [6, 6.07) is 0. The number of carbonyl (C=O) groups is 1. The lowest BCUT2D eigenvalue weighted by molar-refractivity contribution is -0.199. The average molecular weight is 407 g/mol. The first-order chi connectivity index (χ1) is 9.93. The van der Waals surface area contributed by atoms with Crippen LogP contribution in [0.4, 0.5) is 0 Å². The van der Waals surface area contributed by atoms with Gasteiger partial charge in [0, 0.05) is 0 Å². The van der Waals surface area contributed by atoms with Crippen molar-refractivity contribution in [2.45, 2.75) is 24.4 Å². The van der Waals surface area contributed by atoms with Crippen LogP contribution in [0.5, 0.6) is 0 Å². The third-order valence-corrected chi connectivity index (χ3v) is 4.22. The van der Waals surface area contributed by atoms with Crippen LogP contribution in [0, 0.1) is 0 Å². The average Bonchev–Trinajstić information content (AvgIpc) is 2.89. The Kier molecular flexibility index (Phi) is 3.65. The molecule has 3 aliphatic rings. The van der Waals surface area contributed by atoms with Crippen LogP contribution in [0.3, 0.4) is 0 Å². The molecule has 3 heterocycles. The molecule has 1 amide bonds. The van der Waals surface area contributed by atoms with Crippen LogP contribution in [0.1, 0.15) is 0 Å². The van der Waals surface area contributed by atoms with Gasteiger partial charge in [-0.2, -0.15) is 4.99 Å². The maximum atomic E-state index is 11.9. The van der Waals surface area contributed by atoms with E-state index in [1.165, 1.54) is 2.79 Å². The highest BCUT2D eigenvalue weighted by Gasteiger charge is 2.50. The monoisotopic (exact) mass is 407 g/mol. The quantitative estimate of drug-likeness (QED) is 0.294. The molecule has 0 aromatic carbocycles. The Morgan fingerprint density at radius 1 is 1.38 bits per heavy atom.